The first kappa shape index (κ1) is 44.4. The fourth-order valence-corrected chi connectivity index (χ4v) is 8.49. The average molecular weight is 801 g/mol. The number of rotatable bonds is 7. The quantitative estimate of drug-likeness (QED) is 0.109. The number of esters is 1. The van der Waals surface area contributed by atoms with Gasteiger partial charge in [-0.05, 0) is 60.1 Å². The number of halogens is 1. The highest BCUT2D eigenvalue weighted by Crippen LogP contribution is 2.45. The van der Waals surface area contributed by atoms with Gasteiger partial charge in [-0.25, -0.2) is 0 Å². The van der Waals surface area contributed by atoms with Crippen LogP contribution in [0.1, 0.15) is 74.7 Å². The number of alkyl halides is 1. The molecule has 5 rings (SSSR count). The second-order valence-corrected chi connectivity index (χ2v) is 17.2. The smallest absolute Gasteiger partial charge is 0.314 e. The topological polar surface area (TPSA) is 192 Å². The summed E-state index contributed by atoms with van der Waals surface area (Å²) in [6, 6.07) is 0. The Morgan fingerprint density at radius 1 is 0.909 bits per heavy atom. The van der Waals surface area contributed by atoms with Gasteiger partial charge in [-0.3, -0.25) is 4.79 Å². The van der Waals surface area contributed by atoms with Crippen LogP contribution in [0.3, 0.4) is 0 Å². The van der Waals surface area contributed by atoms with Crippen molar-refractivity contribution in [1.29, 1.82) is 0 Å². The van der Waals surface area contributed by atoms with Crippen molar-refractivity contribution < 1.29 is 68.2 Å². The zero-order chi connectivity index (χ0) is 40.8. The van der Waals surface area contributed by atoms with Crippen LogP contribution in [0.5, 0.6) is 0 Å². The van der Waals surface area contributed by atoms with E-state index in [0.717, 1.165) is 12.0 Å². The van der Waals surface area contributed by atoms with E-state index in [2.05, 4.69) is 11.8 Å². The van der Waals surface area contributed by atoms with E-state index in [1.807, 2.05) is 26.8 Å². The Bertz CT molecular complexity index is 1470. The summed E-state index contributed by atoms with van der Waals surface area (Å²) >= 11 is 6.09. The van der Waals surface area contributed by atoms with Crippen LogP contribution in [0, 0.1) is 35.5 Å². The Balaban J connectivity index is 1.47. The Morgan fingerprint density at radius 2 is 1.49 bits per heavy atom. The summed E-state index contributed by atoms with van der Waals surface area (Å²) in [5.74, 6) is 1.45. The van der Waals surface area contributed by atoms with E-state index in [-0.39, 0.29) is 23.6 Å². The lowest BCUT2D eigenvalue weighted by molar-refractivity contribution is -0.402. The maximum atomic E-state index is 13.8. The molecule has 3 saturated heterocycles. The molecule has 0 aromatic carbocycles. The first-order chi connectivity index (χ1) is 25.7. The Hall–Kier alpha value is -1.68. The van der Waals surface area contributed by atoms with Gasteiger partial charge in [0.15, 0.2) is 18.4 Å². The molecule has 0 aromatic heterocycles. The lowest BCUT2D eigenvalue weighted by Gasteiger charge is -2.54. The summed E-state index contributed by atoms with van der Waals surface area (Å²) in [7, 11) is 2.91. The number of methoxy groups -OCH3 is 2. The van der Waals surface area contributed by atoms with Crippen molar-refractivity contribution in [2.75, 3.05) is 14.2 Å². The molecule has 0 spiro atoms. The number of fused-ring (bicyclic) bond motifs is 2. The van der Waals surface area contributed by atoms with Crippen molar-refractivity contribution in [2.45, 2.75) is 171 Å². The Kier molecular flexibility index (Phi) is 14.0. The molecule has 15 heteroatoms. The maximum absolute atomic E-state index is 13.8. The van der Waals surface area contributed by atoms with Crippen molar-refractivity contribution in [2.24, 2.45) is 23.7 Å². The Morgan fingerprint density at radius 3 is 2.05 bits per heavy atom. The third-order valence-electron chi connectivity index (χ3n) is 12.2. The van der Waals surface area contributed by atoms with Gasteiger partial charge in [0, 0.05) is 50.2 Å². The number of hydrogen-bond acceptors (Lipinski definition) is 14. The van der Waals surface area contributed by atoms with Gasteiger partial charge in [-0.15, -0.1) is 11.6 Å². The number of aliphatic hydroxyl groups excluding tert-OH is 2. The van der Waals surface area contributed by atoms with Gasteiger partial charge in [0.1, 0.15) is 47.6 Å². The van der Waals surface area contributed by atoms with Gasteiger partial charge in [-0.2, -0.15) is 0 Å². The molecule has 55 heavy (non-hydrogen) atoms. The zero-order valence-electron chi connectivity index (χ0n) is 33.5. The van der Waals surface area contributed by atoms with E-state index in [4.69, 9.17) is 49.5 Å². The van der Waals surface area contributed by atoms with Crippen molar-refractivity contribution in [3.8, 4) is 11.8 Å². The third-order valence-corrected chi connectivity index (χ3v) is 12.6. The maximum Gasteiger partial charge on any atom is 0.314 e. The van der Waals surface area contributed by atoms with E-state index < -0.39 is 108 Å². The zero-order valence-corrected chi connectivity index (χ0v) is 34.2. The molecule has 4 aliphatic heterocycles. The van der Waals surface area contributed by atoms with Crippen LogP contribution in [-0.2, 0) is 42.7 Å². The number of cyclic esters (lactones) is 1. The Labute approximate surface area is 329 Å². The highest BCUT2D eigenvalue weighted by molar-refractivity contribution is 6.22. The van der Waals surface area contributed by atoms with E-state index in [1.54, 1.807) is 33.1 Å². The van der Waals surface area contributed by atoms with E-state index in [1.165, 1.54) is 27.9 Å². The summed E-state index contributed by atoms with van der Waals surface area (Å²) in [5.41, 5.74) is -2.91. The SMILES string of the molecule is CO[C@@H]1/C=C(\C)C[C@H](/C=C/C#C[C@H]2C[C@@H]2Cl)OC(=O)[C@@H](C)[C@]2(O)C[C@H](O[C@@H]3O[C@@H](C)[C@H](O)[C@@](C)(O)[C@H]3O[C@@H]3O[C@@H](C)[C@H](O)[C@@](C)(O)[C@H]3OC)[C@@H](C)[C@@H](O2)[C@H]1C. The summed E-state index contributed by atoms with van der Waals surface area (Å²) in [4.78, 5) is 13.8. The molecule has 0 unspecified atom stereocenters. The van der Waals surface area contributed by atoms with Crippen LogP contribution in [0.4, 0.5) is 0 Å². The van der Waals surface area contributed by atoms with Gasteiger partial charge >= 0.3 is 5.97 Å². The number of carbonyl (C=O) groups excluding carboxylic acids is 1. The molecule has 14 nitrogen and oxygen atoms in total. The molecule has 0 aromatic rings. The molecule has 5 aliphatic rings. The molecule has 5 N–H and O–H groups in total. The largest absolute Gasteiger partial charge is 0.457 e. The lowest BCUT2D eigenvalue weighted by atomic mass is 9.77. The molecule has 4 heterocycles. The van der Waals surface area contributed by atoms with Crippen LogP contribution < -0.4 is 0 Å². The van der Waals surface area contributed by atoms with Crippen molar-refractivity contribution in [3.05, 3.63) is 23.8 Å². The van der Waals surface area contributed by atoms with E-state index in [0.29, 0.717) is 6.42 Å². The van der Waals surface area contributed by atoms with Crippen LogP contribution in [0.25, 0.3) is 0 Å². The molecule has 1 saturated carbocycles. The molecule has 2 bridgehead atoms. The van der Waals surface area contributed by atoms with E-state index >= 15 is 0 Å². The number of carbonyl (C=O) groups is 1. The number of allylic oxidation sites excluding steroid dienone is 1. The molecule has 0 amide bonds. The summed E-state index contributed by atoms with van der Waals surface area (Å²) < 4.78 is 49.1. The molecule has 20 atom stereocenters. The number of hydrogen-bond donors (Lipinski definition) is 5. The van der Waals surface area contributed by atoms with Gasteiger partial charge in [0.2, 0.25) is 0 Å². The lowest BCUT2D eigenvalue weighted by Crippen LogP contribution is -2.70. The monoisotopic (exact) mass is 800 g/mol. The fourth-order valence-electron chi connectivity index (χ4n) is 8.24. The minimum atomic E-state index is -2.09. The summed E-state index contributed by atoms with van der Waals surface area (Å²) in [6.07, 6.45) is -6.46. The minimum Gasteiger partial charge on any atom is -0.457 e. The predicted octanol–water partition coefficient (Wildman–Crippen LogP) is 2.33. The van der Waals surface area contributed by atoms with Gasteiger partial charge in [0.25, 0.3) is 0 Å². The number of ether oxygens (including phenoxy) is 8. The number of aliphatic hydroxyl groups is 5. The average Bonchev–Trinajstić information content (AvgIpc) is 3.83. The van der Waals surface area contributed by atoms with Crippen molar-refractivity contribution in [1.82, 2.24) is 0 Å². The summed E-state index contributed by atoms with van der Waals surface area (Å²) in [5, 5.41) is 57.2. The fraction of sp³-hybridized carbons (Fsp3) is 0.825. The summed E-state index contributed by atoms with van der Waals surface area (Å²) in [6.45, 7) is 13.2. The molecule has 312 valence electrons. The second-order valence-electron chi connectivity index (χ2n) is 16.6. The first-order valence-electron chi connectivity index (χ1n) is 19.2. The van der Waals surface area contributed by atoms with Gasteiger partial charge in [0.05, 0.1) is 30.5 Å². The molecular formula is C40H61ClO14. The van der Waals surface area contributed by atoms with Crippen LogP contribution in [-0.4, -0.2) is 142 Å². The van der Waals surface area contributed by atoms with Gasteiger partial charge in [-0.1, -0.05) is 37.3 Å². The predicted molar refractivity (Wildman–Crippen MR) is 198 cm³/mol. The van der Waals surface area contributed by atoms with Gasteiger partial charge < -0.3 is 63.4 Å². The third kappa shape index (κ3) is 9.31. The van der Waals surface area contributed by atoms with Crippen molar-refractivity contribution >= 4 is 17.6 Å². The minimum absolute atomic E-state index is 0.0613. The molecule has 0 radical (unpaired) electrons. The van der Waals surface area contributed by atoms with Crippen LogP contribution in [0.15, 0.2) is 23.8 Å². The van der Waals surface area contributed by atoms with Crippen molar-refractivity contribution in [3.63, 3.8) is 0 Å². The highest BCUT2D eigenvalue weighted by atomic mass is 35.5. The molecule has 4 fully saturated rings. The highest BCUT2D eigenvalue weighted by Gasteiger charge is 2.60. The second kappa shape index (κ2) is 17.3. The van der Waals surface area contributed by atoms with Crippen LogP contribution >= 0.6 is 11.6 Å². The van der Waals surface area contributed by atoms with Crippen LogP contribution in [0.2, 0.25) is 0 Å². The first-order valence-corrected chi connectivity index (χ1v) is 19.7. The normalized spacial score (nSPS) is 51.8. The molecular weight excluding hydrogens is 740 g/mol. The van der Waals surface area contributed by atoms with E-state index in [9.17, 15) is 30.3 Å². The standard InChI is InChI=1S/C40H61ClO14/c1-19-15-26(14-12-11-13-25-17-27(25)41)52-35(44)22(4)40(47)18-29(21(3)30(55-40)20(2)28(16-19)48-9)53-37-34(39(8,46)32(43)24(6)51-37)54-36-33(49-10)38(7,45)31(42)23(5)50-36/h12,14,16,20-34,36-37,42-43,45-47H,15,17-18H2,1-10H3/b14-12+,19-16+/t20-,21+,22+,23-,24-,25-,26-,27-,28+,29-,30-,31-,32-,33-,34-,36-,37-,38+,39+,40-/m0/s1. The molecule has 1 aliphatic carbocycles.